The van der Waals surface area contributed by atoms with Gasteiger partial charge in [-0.2, -0.15) is 0 Å². The molecule has 1 aliphatic heterocycles. The van der Waals surface area contributed by atoms with Crippen LogP contribution in [0.3, 0.4) is 0 Å². The normalized spacial score (nSPS) is 21.2. The predicted octanol–water partition coefficient (Wildman–Crippen LogP) is 2.27. The Hall–Kier alpha value is -1.88. The summed E-state index contributed by atoms with van der Waals surface area (Å²) in [5.74, 6) is -1.07. The van der Waals surface area contributed by atoms with E-state index in [1.54, 1.807) is 25.2 Å². The molecule has 0 bridgehead atoms. The summed E-state index contributed by atoms with van der Waals surface area (Å²) in [5.41, 5.74) is 0.0481. The molecular weight excluding hydrogens is 268 g/mol. The van der Waals surface area contributed by atoms with Gasteiger partial charge in [-0.25, -0.2) is 4.79 Å². The van der Waals surface area contributed by atoms with Crippen molar-refractivity contribution in [2.75, 3.05) is 18.5 Å². The Morgan fingerprint density at radius 3 is 2.67 bits per heavy atom. The first-order valence-corrected chi connectivity index (χ1v) is 7.37. The zero-order chi connectivity index (χ0) is 15.5. The maximum absolute atomic E-state index is 12.9. The third kappa shape index (κ3) is 2.93. The van der Waals surface area contributed by atoms with E-state index in [0.29, 0.717) is 5.69 Å². The molecule has 1 unspecified atom stereocenters. The van der Waals surface area contributed by atoms with E-state index in [-0.39, 0.29) is 11.5 Å². The van der Waals surface area contributed by atoms with Crippen LogP contribution in [0, 0.1) is 0 Å². The van der Waals surface area contributed by atoms with Crippen molar-refractivity contribution in [3.63, 3.8) is 0 Å². The number of nitrogens with one attached hydrogen (secondary N) is 1. The average Bonchev–Trinajstić information content (AvgIpc) is 2.96. The highest BCUT2D eigenvalue weighted by Crippen LogP contribution is 2.30. The number of carbonyl (C=O) groups is 2. The van der Waals surface area contributed by atoms with Crippen molar-refractivity contribution in [1.82, 2.24) is 5.32 Å². The minimum absolute atomic E-state index is 0.0458. The quantitative estimate of drug-likeness (QED) is 0.873. The first-order valence-electron chi connectivity index (χ1n) is 7.37. The fourth-order valence-corrected chi connectivity index (χ4v) is 3.11. The summed E-state index contributed by atoms with van der Waals surface area (Å²) < 4.78 is 0. The molecule has 1 saturated heterocycles. The molecule has 114 valence electrons. The number of para-hydroxylation sites is 1. The number of carbonyl (C=O) groups excluding carboxylic acids is 1. The van der Waals surface area contributed by atoms with Crippen LogP contribution in [0.2, 0.25) is 0 Å². The van der Waals surface area contributed by atoms with Crippen molar-refractivity contribution in [2.24, 2.45) is 0 Å². The Morgan fingerprint density at radius 1 is 1.38 bits per heavy atom. The number of likely N-dealkylation sites (N-methyl/N-ethyl adjacent to an activating group) is 1. The summed E-state index contributed by atoms with van der Waals surface area (Å²) >= 11 is 0. The lowest BCUT2D eigenvalue weighted by Gasteiger charge is -2.33. The molecule has 0 radical (unpaired) electrons. The largest absolute Gasteiger partial charge is 0.478 e. The molecule has 0 spiro atoms. The van der Waals surface area contributed by atoms with E-state index in [1.807, 2.05) is 0 Å². The van der Waals surface area contributed by atoms with Gasteiger partial charge in [-0.15, -0.1) is 0 Å². The minimum atomic E-state index is -1.02. The van der Waals surface area contributed by atoms with Crippen molar-refractivity contribution in [3.8, 4) is 0 Å². The molecule has 0 aliphatic carbocycles. The molecule has 2 rings (SSSR count). The molecule has 0 saturated carbocycles. The third-order valence-electron chi connectivity index (χ3n) is 4.13. The molecule has 21 heavy (non-hydrogen) atoms. The number of hydrogen-bond donors (Lipinski definition) is 2. The van der Waals surface area contributed by atoms with Gasteiger partial charge in [-0.05, 0) is 37.9 Å². The molecule has 1 heterocycles. The van der Waals surface area contributed by atoms with Crippen LogP contribution in [-0.2, 0) is 4.79 Å². The van der Waals surface area contributed by atoms with Crippen LogP contribution in [0.1, 0.15) is 43.0 Å². The maximum atomic E-state index is 12.9. The molecule has 1 fully saturated rings. The molecule has 2 N–H and O–H groups in total. The number of rotatable bonds is 5. The van der Waals surface area contributed by atoms with E-state index in [1.165, 1.54) is 11.0 Å². The van der Waals surface area contributed by atoms with Gasteiger partial charge in [0, 0.05) is 7.05 Å². The van der Waals surface area contributed by atoms with E-state index in [4.69, 9.17) is 0 Å². The third-order valence-corrected chi connectivity index (χ3v) is 4.13. The molecule has 0 aromatic heterocycles. The molecule has 1 aromatic rings. The van der Waals surface area contributed by atoms with Crippen LogP contribution in [0.25, 0.3) is 0 Å². The second-order valence-electron chi connectivity index (χ2n) is 5.55. The van der Waals surface area contributed by atoms with Crippen molar-refractivity contribution in [1.29, 1.82) is 0 Å². The monoisotopic (exact) mass is 290 g/mol. The Balaban J connectivity index is 2.33. The summed E-state index contributed by atoms with van der Waals surface area (Å²) in [6.07, 6.45) is 3.46. The van der Waals surface area contributed by atoms with Crippen LogP contribution in [-0.4, -0.2) is 36.1 Å². The summed E-state index contributed by atoms with van der Waals surface area (Å²) in [7, 11) is 1.65. The lowest BCUT2D eigenvalue weighted by Crippen LogP contribution is -2.54. The predicted molar refractivity (Wildman–Crippen MR) is 81.7 cm³/mol. The van der Waals surface area contributed by atoms with Crippen molar-refractivity contribution < 1.29 is 14.7 Å². The molecular formula is C16H22N2O3. The second kappa shape index (κ2) is 6.26. The van der Waals surface area contributed by atoms with Gasteiger partial charge >= 0.3 is 5.97 Å². The fraction of sp³-hybridized carbons (Fsp3) is 0.500. The van der Waals surface area contributed by atoms with Crippen LogP contribution in [0.15, 0.2) is 24.3 Å². The summed E-state index contributed by atoms with van der Waals surface area (Å²) in [6.45, 7) is 2.89. The van der Waals surface area contributed by atoms with Crippen molar-refractivity contribution in [3.05, 3.63) is 29.8 Å². The summed E-state index contributed by atoms with van der Waals surface area (Å²) in [4.78, 5) is 25.7. The van der Waals surface area contributed by atoms with Gasteiger partial charge in [0.25, 0.3) is 0 Å². The molecule has 1 amide bonds. The second-order valence-corrected chi connectivity index (χ2v) is 5.55. The van der Waals surface area contributed by atoms with Crippen LogP contribution in [0.5, 0.6) is 0 Å². The van der Waals surface area contributed by atoms with Crippen molar-refractivity contribution >= 4 is 17.6 Å². The molecule has 1 atom stereocenters. The number of carboxylic acid groups (broad SMARTS) is 1. The van der Waals surface area contributed by atoms with Crippen LogP contribution < -0.4 is 10.2 Å². The van der Waals surface area contributed by atoms with Gasteiger partial charge in [0.05, 0.1) is 16.8 Å². The minimum Gasteiger partial charge on any atom is -0.478 e. The van der Waals surface area contributed by atoms with E-state index >= 15 is 0 Å². The summed E-state index contributed by atoms with van der Waals surface area (Å²) in [5, 5.41) is 12.6. The molecule has 1 aromatic carbocycles. The zero-order valence-electron chi connectivity index (χ0n) is 12.6. The number of anilines is 1. The average molecular weight is 290 g/mol. The van der Waals surface area contributed by atoms with Crippen molar-refractivity contribution in [2.45, 2.75) is 38.1 Å². The standard InChI is InChI=1S/C16H22N2O3/c1-3-9-16(10-6-11-17-16)15(21)18(2)13-8-5-4-7-12(13)14(19)20/h4-5,7-8,17H,3,6,9-11H2,1-2H3,(H,19,20). The van der Waals surface area contributed by atoms with E-state index < -0.39 is 11.5 Å². The van der Waals surface area contributed by atoms with E-state index in [0.717, 1.165) is 32.2 Å². The van der Waals surface area contributed by atoms with Gasteiger partial charge < -0.3 is 15.3 Å². The van der Waals surface area contributed by atoms with Gasteiger partial charge in [-0.3, -0.25) is 4.79 Å². The number of hydrogen-bond acceptors (Lipinski definition) is 3. The highest BCUT2D eigenvalue weighted by atomic mass is 16.4. The van der Waals surface area contributed by atoms with Crippen LogP contribution >= 0.6 is 0 Å². The van der Waals surface area contributed by atoms with Gasteiger partial charge in [0.1, 0.15) is 0 Å². The fourth-order valence-electron chi connectivity index (χ4n) is 3.11. The smallest absolute Gasteiger partial charge is 0.337 e. The Labute approximate surface area is 125 Å². The summed E-state index contributed by atoms with van der Waals surface area (Å²) in [6, 6.07) is 6.62. The first-order chi connectivity index (χ1) is 10.0. The highest BCUT2D eigenvalue weighted by molar-refractivity contribution is 6.05. The molecule has 5 nitrogen and oxygen atoms in total. The van der Waals surface area contributed by atoms with E-state index in [2.05, 4.69) is 12.2 Å². The van der Waals surface area contributed by atoms with Gasteiger partial charge in [-0.1, -0.05) is 25.5 Å². The van der Waals surface area contributed by atoms with Crippen LogP contribution in [0.4, 0.5) is 5.69 Å². The maximum Gasteiger partial charge on any atom is 0.337 e. The van der Waals surface area contributed by atoms with Gasteiger partial charge in [0.2, 0.25) is 5.91 Å². The van der Waals surface area contributed by atoms with Gasteiger partial charge in [0.15, 0.2) is 0 Å². The Kier molecular flexibility index (Phi) is 4.63. The number of aromatic carboxylic acids is 1. The number of amides is 1. The molecule has 1 aliphatic rings. The molecule has 5 heteroatoms. The first kappa shape index (κ1) is 15.5. The number of carboxylic acids is 1. The zero-order valence-corrected chi connectivity index (χ0v) is 12.6. The lowest BCUT2D eigenvalue weighted by atomic mass is 9.90. The SMILES string of the molecule is CCCC1(C(=O)N(C)c2ccccc2C(=O)O)CCCN1. The Morgan fingerprint density at radius 2 is 2.10 bits per heavy atom. The number of benzene rings is 1. The lowest BCUT2D eigenvalue weighted by molar-refractivity contribution is -0.124. The topological polar surface area (TPSA) is 69.6 Å². The highest BCUT2D eigenvalue weighted by Gasteiger charge is 2.42. The Bertz CT molecular complexity index is 536. The van der Waals surface area contributed by atoms with E-state index in [9.17, 15) is 14.7 Å². The number of nitrogens with zero attached hydrogens (tertiary/aromatic N) is 1.